The van der Waals surface area contributed by atoms with Crippen LogP contribution < -0.4 is 5.32 Å². The van der Waals surface area contributed by atoms with E-state index in [1.165, 1.54) is 44.2 Å². The summed E-state index contributed by atoms with van der Waals surface area (Å²) < 4.78 is 29.1. The van der Waals surface area contributed by atoms with Gasteiger partial charge >= 0.3 is 0 Å². The number of aromatic nitrogens is 3. The predicted molar refractivity (Wildman–Crippen MR) is 122 cm³/mol. The number of sulfonamides is 1. The fraction of sp³-hybridized carbons (Fsp3) is 0.300. The van der Waals surface area contributed by atoms with Crippen LogP contribution in [-0.4, -0.2) is 46.5 Å². The summed E-state index contributed by atoms with van der Waals surface area (Å²) in [6, 6.07) is 10.8. The minimum atomic E-state index is -3.59. The lowest BCUT2D eigenvalue weighted by Crippen LogP contribution is -2.27. The van der Waals surface area contributed by atoms with Crippen molar-refractivity contribution in [2.24, 2.45) is 7.05 Å². The Morgan fingerprint density at radius 1 is 1.25 bits per heavy atom. The summed E-state index contributed by atoms with van der Waals surface area (Å²) >= 11 is 2.72. The zero-order valence-electron chi connectivity index (χ0n) is 17.2. The first-order chi connectivity index (χ1) is 15.4. The highest BCUT2D eigenvalue weighted by molar-refractivity contribution is 8.00. The second-order valence-corrected chi connectivity index (χ2v) is 11.3. The van der Waals surface area contributed by atoms with Gasteiger partial charge in [0.2, 0.25) is 15.2 Å². The van der Waals surface area contributed by atoms with Gasteiger partial charge in [0.1, 0.15) is 10.6 Å². The fourth-order valence-electron chi connectivity index (χ4n) is 3.28. The van der Waals surface area contributed by atoms with Crippen molar-refractivity contribution < 1.29 is 13.2 Å². The van der Waals surface area contributed by atoms with Crippen LogP contribution >= 0.6 is 23.1 Å². The maximum atomic E-state index is 12.8. The van der Waals surface area contributed by atoms with Crippen molar-refractivity contribution in [3.8, 4) is 6.07 Å². The van der Waals surface area contributed by atoms with Gasteiger partial charge in [-0.05, 0) is 36.6 Å². The van der Waals surface area contributed by atoms with Crippen LogP contribution in [0.3, 0.4) is 0 Å². The second kappa shape index (κ2) is 9.41. The molecule has 0 aliphatic carbocycles. The highest BCUT2D eigenvalue weighted by Crippen LogP contribution is 2.29. The number of nitrogens with one attached hydrogen (secondary N) is 1. The molecule has 12 heteroatoms. The Hall–Kier alpha value is -2.72. The lowest BCUT2D eigenvalue weighted by molar-refractivity contribution is 0.101. The molecule has 1 saturated heterocycles. The van der Waals surface area contributed by atoms with Gasteiger partial charge in [-0.2, -0.15) is 9.57 Å². The molecular formula is C20H20N6O3S3. The number of benzene rings is 1. The average Bonchev–Trinajstić information content (AvgIpc) is 3.54. The molecule has 1 aliphatic heterocycles. The highest BCUT2D eigenvalue weighted by Gasteiger charge is 2.29. The van der Waals surface area contributed by atoms with Gasteiger partial charge in [0.25, 0.3) is 5.91 Å². The normalized spacial score (nSPS) is 14.4. The zero-order valence-corrected chi connectivity index (χ0v) is 19.6. The molecule has 1 aliphatic rings. The maximum Gasteiger partial charge on any atom is 0.274 e. The molecular weight excluding hydrogens is 468 g/mol. The van der Waals surface area contributed by atoms with E-state index in [4.69, 9.17) is 5.26 Å². The van der Waals surface area contributed by atoms with Gasteiger partial charge in [-0.25, -0.2) is 8.42 Å². The molecule has 0 saturated carbocycles. The standard InChI is InChI=1S/C20H20N6O3S3/c1-25-12-16(32(28,29)26-8-2-3-9-26)10-17(25)18(27)22-19-23-24-20(31-19)30-13-15-6-4-14(11-21)5-7-15/h4-7,10,12H,2-3,8-9,13H2,1H3,(H,22,23,27). The Morgan fingerprint density at radius 2 is 1.97 bits per heavy atom. The number of rotatable bonds is 7. The number of hydrogen-bond donors (Lipinski definition) is 1. The smallest absolute Gasteiger partial charge is 0.274 e. The maximum absolute atomic E-state index is 12.8. The van der Waals surface area contributed by atoms with Gasteiger partial charge in [0.15, 0.2) is 4.34 Å². The van der Waals surface area contributed by atoms with E-state index >= 15 is 0 Å². The quantitative estimate of drug-likeness (QED) is 0.401. The number of nitrogens with zero attached hydrogens (tertiary/aromatic N) is 5. The van der Waals surface area contributed by atoms with Gasteiger partial charge < -0.3 is 4.57 Å². The molecule has 2 aromatic heterocycles. The molecule has 3 aromatic rings. The van der Waals surface area contributed by atoms with Gasteiger partial charge in [0.05, 0.1) is 11.6 Å². The average molecular weight is 489 g/mol. The van der Waals surface area contributed by atoms with Crippen molar-refractivity contribution >= 4 is 44.2 Å². The van der Waals surface area contributed by atoms with Crippen molar-refractivity contribution in [2.45, 2.75) is 27.8 Å². The van der Waals surface area contributed by atoms with Gasteiger partial charge in [-0.1, -0.05) is 35.2 Å². The molecule has 32 heavy (non-hydrogen) atoms. The van der Waals surface area contributed by atoms with E-state index in [0.29, 0.717) is 33.9 Å². The molecule has 0 unspecified atom stereocenters. The summed E-state index contributed by atoms with van der Waals surface area (Å²) in [6.45, 7) is 1.01. The minimum Gasteiger partial charge on any atom is -0.345 e. The highest BCUT2D eigenvalue weighted by atomic mass is 32.2. The summed E-state index contributed by atoms with van der Waals surface area (Å²) in [5.41, 5.74) is 1.88. The number of amides is 1. The van der Waals surface area contributed by atoms with Crippen LogP contribution in [0, 0.1) is 11.3 Å². The van der Waals surface area contributed by atoms with E-state index in [-0.39, 0.29) is 10.6 Å². The Bertz CT molecular complexity index is 1270. The molecule has 0 atom stereocenters. The summed E-state index contributed by atoms with van der Waals surface area (Å²) in [6.07, 6.45) is 3.16. The van der Waals surface area contributed by atoms with Gasteiger partial charge in [-0.3, -0.25) is 10.1 Å². The van der Waals surface area contributed by atoms with Crippen molar-refractivity contribution in [1.82, 2.24) is 19.1 Å². The number of anilines is 1. The van der Waals surface area contributed by atoms with E-state index in [1.54, 1.807) is 19.2 Å². The third-order valence-electron chi connectivity index (χ3n) is 4.99. The molecule has 1 N–H and O–H groups in total. The first-order valence-corrected chi connectivity index (χ1v) is 13.0. The molecule has 1 amide bonds. The third kappa shape index (κ3) is 4.86. The monoisotopic (exact) mass is 488 g/mol. The number of nitriles is 1. The molecule has 9 nitrogen and oxygen atoms in total. The summed E-state index contributed by atoms with van der Waals surface area (Å²) in [4.78, 5) is 12.8. The summed E-state index contributed by atoms with van der Waals surface area (Å²) in [7, 11) is -1.96. The molecule has 0 bridgehead atoms. The SMILES string of the molecule is Cn1cc(S(=O)(=O)N2CCCC2)cc1C(=O)Nc1nnc(SCc2ccc(C#N)cc2)s1. The van der Waals surface area contributed by atoms with Gasteiger partial charge in [0, 0.05) is 32.1 Å². The van der Waals surface area contributed by atoms with E-state index in [0.717, 1.165) is 18.4 Å². The topological polar surface area (TPSA) is 121 Å². The number of carbonyl (C=O) groups excluding carboxylic acids is 1. The van der Waals surface area contributed by atoms with E-state index in [1.807, 2.05) is 12.1 Å². The summed E-state index contributed by atoms with van der Waals surface area (Å²) in [5, 5.41) is 20.0. The molecule has 0 spiro atoms. The Kier molecular flexibility index (Phi) is 6.61. The van der Waals surface area contributed by atoms with Crippen LogP contribution in [0.4, 0.5) is 5.13 Å². The number of carbonyl (C=O) groups is 1. The Labute approximate surface area is 194 Å². The first kappa shape index (κ1) is 22.5. The first-order valence-electron chi connectivity index (χ1n) is 9.80. The van der Waals surface area contributed by atoms with Crippen molar-refractivity contribution in [3.05, 3.63) is 53.3 Å². The van der Waals surface area contributed by atoms with E-state index in [2.05, 4.69) is 21.6 Å². The molecule has 3 heterocycles. The fourth-order valence-corrected chi connectivity index (χ4v) is 6.57. The second-order valence-electron chi connectivity index (χ2n) is 7.21. The number of thioether (sulfide) groups is 1. The lowest BCUT2D eigenvalue weighted by Gasteiger charge is -2.13. The predicted octanol–water partition coefficient (Wildman–Crippen LogP) is 3.08. The van der Waals surface area contributed by atoms with Crippen molar-refractivity contribution in [2.75, 3.05) is 18.4 Å². The molecule has 0 radical (unpaired) electrons. The van der Waals surface area contributed by atoms with Crippen LogP contribution in [0.1, 0.15) is 34.5 Å². The third-order valence-corrected chi connectivity index (χ3v) is 8.89. The van der Waals surface area contributed by atoms with Crippen molar-refractivity contribution in [1.29, 1.82) is 5.26 Å². The Balaban J connectivity index is 1.39. The minimum absolute atomic E-state index is 0.114. The lowest BCUT2D eigenvalue weighted by atomic mass is 10.2. The molecule has 1 aromatic carbocycles. The largest absolute Gasteiger partial charge is 0.345 e. The van der Waals surface area contributed by atoms with E-state index < -0.39 is 15.9 Å². The number of hydrogen-bond acceptors (Lipinski definition) is 8. The van der Waals surface area contributed by atoms with Crippen LogP contribution in [0.15, 0.2) is 45.8 Å². The zero-order chi connectivity index (χ0) is 22.7. The molecule has 166 valence electrons. The number of aryl methyl sites for hydroxylation is 1. The van der Waals surface area contributed by atoms with Crippen molar-refractivity contribution in [3.63, 3.8) is 0 Å². The Morgan fingerprint density at radius 3 is 2.66 bits per heavy atom. The van der Waals surface area contributed by atoms with Crippen LogP contribution in [0.25, 0.3) is 0 Å². The summed E-state index contributed by atoms with van der Waals surface area (Å²) in [5.74, 6) is 0.208. The molecule has 1 fully saturated rings. The van der Waals surface area contributed by atoms with Gasteiger partial charge in [-0.15, -0.1) is 10.2 Å². The van der Waals surface area contributed by atoms with Crippen LogP contribution in [0.2, 0.25) is 0 Å². The molecule has 4 rings (SSSR count). The van der Waals surface area contributed by atoms with E-state index in [9.17, 15) is 13.2 Å². The van der Waals surface area contributed by atoms with Crippen LogP contribution in [0.5, 0.6) is 0 Å². The van der Waals surface area contributed by atoms with Crippen LogP contribution in [-0.2, 0) is 22.8 Å².